The van der Waals surface area contributed by atoms with Crippen LogP contribution in [0.5, 0.6) is 0 Å². The van der Waals surface area contributed by atoms with Gasteiger partial charge in [0.1, 0.15) is 0 Å². The van der Waals surface area contributed by atoms with Crippen LogP contribution in [0.4, 0.5) is 5.69 Å². The van der Waals surface area contributed by atoms with Crippen LogP contribution in [0, 0.1) is 0 Å². The molecule has 1 amide bonds. The first kappa shape index (κ1) is 13.4. The van der Waals surface area contributed by atoms with Crippen molar-refractivity contribution in [1.82, 2.24) is 0 Å². The zero-order chi connectivity index (χ0) is 13.6. The van der Waals surface area contributed by atoms with Gasteiger partial charge in [-0.05, 0) is 41.4 Å². The van der Waals surface area contributed by atoms with Crippen molar-refractivity contribution in [1.29, 1.82) is 0 Å². The second-order valence-corrected chi connectivity index (χ2v) is 6.92. The van der Waals surface area contributed by atoms with Gasteiger partial charge in [0, 0.05) is 32.5 Å². The number of hydrogen-bond acceptors (Lipinski definition) is 4. The Hall–Kier alpha value is -0.560. The zero-order valence-electron chi connectivity index (χ0n) is 10.4. The maximum atomic E-state index is 11.4. The van der Waals surface area contributed by atoms with Crippen LogP contribution in [0.25, 0.3) is 0 Å². The Morgan fingerprint density at radius 1 is 1.53 bits per heavy atom. The van der Waals surface area contributed by atoms with Gasteiger partial charge in [-0.2, -0.15) is 0 Å². The van der Waals surface area contributed by atoms with Crippen LogP contribution >= 0.6 is 27.7 Å². The van der Waals surface area contributed by atoms with E-state index in [1.807, 2.05) is 12.1 Å². The first-order valence-electron chi connectivity index (χ1n) is 6.17. The summed E-state index contributed by atoms with van der Waals surface area (Å²) < 4.78 is 6.47. The molecule has 0 aromatic heterocycles. The minimum absolute atomic E-state index is 0.241. The molecular formula is C13H14BrNO3S. The molecule has 0 bridgehead atoms. The van der Waals surface area contributed by atoms with Crippen LogP contribution in [0.15, 0.2) is 21.5 Å². The first-order chi connectivity index (χ1) is 9.06. The Balaban J connectivity index is 1.88. The third-order valence-corrected chi connectivity index (χ3v) is 5.92. The van der Waals surface area contributed by atoms with Crippen molar-refractivity contribution in [2.24, 2.45) is 0 Å². The van der Waals surface area contributed by atoms with E-state index in [-0.39, 0.29) is 12.0 Å². The molecule has 102 valence electrons. The van der Waals surface area contributed by atoms with E-state index in [4.69, 9.17) is 4.74 Å². The molecule has 1 saturated heterocycles. The fourth-order valence-electron chi connectivity index (χ4n) is 2.37. The maximum absolute atomic E-state index is 11.4. The minimum atomic E-state index is -1.06. The second kappa shape index (κ2) is 5.09. The summed E-state index contributed by atoms with van der Waals surface area (Å²) in [5.74, 6) is -0.360. The van der Waals surface area contributed by atoms with Gasteiger partial charge < -0.3 is 15.2 Å². The van der Waals surface area contributed by atoms with Gasteiger partial charge in [0.05, 0.1) is 6.10 Å². The summed E-state index contributed by atoms with van der Waals surface area (Å²) >= 11 is 5.26. The second-order valence-electron chi connectivity index (χ2n) is 4.78. The van der Waals surface area contributed by atoms with E-state index in [1.54, 1.807) is 11.8 Å². The number of amides is 1. The summed E-state index contributed by atoms with van der Waals surface area (Å²) in [6.07, 6.45) is 0.217. The molecule has 1 aromatic rings. The predicted molar refractivity (Wildman–Crippen MR) is 77.4 cm³/mol. The van der Waals surface area contributed by atoms with Crippen molar-refractivity contribution < 1.29 is 14.6 Å². The fourth-order valence-corrected chi connectivity index (χ4v) is 4.18. The van der Waals surface area contributed by atoms with Crippen LogP contribution in [-0.2, 0) is 9.53 Å². The van der Waals surface area contributed by atoms with Crippen LogP contribution in [0.2, 0.25) is 0 Å². The predicted octanol–water partition coefficient (Wildman–Crippen LogP) is 2.70. The molecule has 19 heavy (non-hydrogen) atoms. The quantitative estimate of drug-likeness (QED) is 0.866. The highest BCUT2D eigenvalue weighted by molar-refractivity contribution is 9.10. The van der Waals surface area contributed by atoms with E-state index in [0.717, 1.165) is 22.4 Å². The number of hydrogen-bond donors (Lipinski definition) is 2. The number of halogens is 1. The summed E-state index contributed by atoms with van der Waals surface area (Å²) in [4.78, 5) is 12.5. The topological polar surface area (TPSA) is 58.6 Å². The number of carbonyl (C=O) groups excluding carboxylic acids is 1. The Morgan fingerprint density at radius 2 is 2.32 bits per heavy atom. The summed E-state index contributed by atoms with van der Waals surface area (Å²) in [5, 5.41) is 12.9. The van der Waals surface area contributed by atoms with Gasteiger partial charge in [0.15, 0.2) is 6.10 Å². The van der Waals surface area contributed by atoms with E-state index in [0.29, 0.717) is 16.5 Å². The summed E-state index contributed by atoms with van der Waals surface area (Å²) in [7, 11) is 0. The number of aliphatic hydroxyl groups excluding tert-OH is 1. The van der Waals surface area contributed by atoms with E-state index in [2.05, 4.69) is 28.2 Å². The smallest absolute Gasteiger partial charge is 0.257 e. The molecule has 2 aliphatic heterocycles. The van der Waals surface area contributed by atoms with Gasteiger partial charge in [-0.1, -0.05) is 0 Å². The first-order valence-corrected chi connectivity index (χ1v) is 7.84. The molecule has 0 radical (unpaired) electrons. The molecule has 4 nitrogen and oxygen atoms in total. The van der Waals surface area contributed by atoms with Crippen LogP contribution in [0.3, 0.4) is 0 Å². The number of carbonyl (C=O) groups is 1. The molecule has 0 spiro atoms. The van der Waals surface area contributed by atoms with Crippen molar-refractivity contribution in [2.75, 3.05) is 11.9 Å². The van der Waals surface area contributed by atoms with Gasteiger partial charge in [-0.15, -0.1) is 11.8 Å². The summed E-state index contributed by atoms with van der Waals surface area (Å²) in [5.41, 5.74) is 1.34. The molecule has 3 unspecified atom stereocenters. The highest BCUT2D eigenvalue weighted by Crippen LogP contribution is 2.42. The van der Waals surface area contributed by atoms with Crippen molar-refractivity contribution in [2.45, 2.75) is 35.7 Å². The van der Waals surface area contributed by atoms with Gasteiger partial charge >= 0.3 is 0 Å². The van der Waals surface area contributed by atoms with Crippen molar-refractivity contribution in [3.05, 3.63) is 22.2 Å². The number of ether oxygens (including phenoxy) is 1. The number of benzene rings is 1. The molecule has 2 heterocycles. The van der Waals surface area contributed by atoms with Gasteiger partial charge in [-0.3, -0.25) is 4.79 Å². The lowest BCUT2D eigenvalue weighted by atomic mass is 10.1. The average molecular weight is 344 g/mol. The Kier molecular flexibility index (Phi) is 3.59. The fraction of sp³-hybridized carbons (Fsp3) is 0.462. The Labute approximate surface area is 124 Å². The molecule has 0 saturated carbocycles. The lowest BCUT2D eigenvalue weighted by molar-refractivity contribution is -0.123. The molecule has 1 fully saturated rings. The van der Waals surface area contributed by atoms with E-state index in [1.165, 1.54) is 0 Å². The number of thioether (sulfide) groups is 1. The van der Waals surface area contributed by atoms with Gasteiger partial charge in [-0.25, -0.2) is 0 Å². The number of anilines is 1. The maximum Gasteiger partial charge on any atom is 0.257 e. The third-order valence-electron chi connectivity index (χ3n) is 3.49. The molecule has 6 heteroatoms. The monoisotopic (exact) mass is 343 g/mol. The molecule has 1 aromatic carbocycles. The molecule has 2 N–H and O–H groups in total. The number of fused-ring (bicyclic) bond motifs is 1. The number of aliphatic hydroxyl groups is 1. The lowest BCUT2D eigenvalue weighted by Gasteiger charge is -2.15. The van der Waals surface area contributed by atoms with E-state index >= 15 is 0 Å². The molecular weight excluding hydrogens is 330 g/mol. The van der Waals surface area contributed by atoms with Crippen molar-refractivity contribution in [3.8, 4) is 0 Å². The van der Waals surface area contributed by atoms with Crippen LogP contribution < -0.4 is 5.32 Å². The van der Waals surface area contributed by atoms with Crippen LogP contribution in [0.1, 0.15) is 25.0 Å². The standard InChI is InChI=1S/C13H14BrNO3S/c1-6-10(2-3-18-6)19-11-5-9-7(4-8(11)14)12(16)13(17)15-9/h4-6,10,12,16H,2-3H2,1H3,(H,15,17). The van der Waals surface area contributed by atoms with Crippen molar-refractivity contribution in [3.63, 3.8) is 0 Å². The number of rotatable bonds is 2. The lowest BCUT2D eigenvalue weighted by Crippen LogP contribution is -2.13. The molecule has 2 aliphatic rings. The molecule has 3 rings (SSSR count). The van der Waals surface area contributed by atoms with Gasteiger partial charge in [0.25, 0.3) is 5.91 Å². The normalized spacial score (nSPS) is 29.4. The average Bonchev–Trinajstić information content (AvgIpc) is 2.88. The van der Waals surface area contributed by atoms with E-state index in [9.17, 15) is 9.90 Å². The molecule has 0 aliphatic carbocycles. The van der Waals surface area contributed by atoms with Gasteiger partial charge in [0.2, 0.25) is 0 Å². The van der Waals surface area contributed by atoms with E-state index < -0.39 is 6.10 Å². The SMILES string of the molecule is CC1OCCC1Sc1cc2c(cc1Br)C(O)C(=O)N2. The zero-order valence-corrected chi connectivity index (χ0v) is 12.8. The highest BCUT2D eigenvalue weighted by atomic mass is 79.9. The third kappa shape index (κ3) is 2.42. The Morgan fingerprint density at radius 3 is 3.00 bits per heavy atom. The number of nitrogens with one attached hydrogen (secondary N) is 1. The van der Waals surface area contributed by atoms with Crippen molar-refractivity contribution >= 4 is 39.3 Å². The summed E-state index contributed by atoms with van der Waals surface area (Å²) in [6.45, 7) is 2.88. The minimum Gasteiger partial charge on any atom is -0.378 e. The highest BCUT2D eigenvalue weighted by Gasteiger charge is 2.31. The Bertz CT molecular complexity index is 537. The largest absolute Gasteiger partial charge is 0.378 e. The molecule has 3 atom stereocenters. The van der Waals surface area contributed by atoms with Crippen LogP contribution in [-0.4, -0.2) is 29.0 Å². The summed E-state index contributed by atoms with van der Waals surface area (Å²) in [6, 6.07) is 3.74.